The summed E-state index contributed by atoms with van der Waals surface area (Å²) in [5.74, 6) is 1.86. The van der Waals surface area contributed by atoms with Crippen molar-refractivity contribution in [2.45, 2.75) is 229 Å². The summed E-state index contributed by atoms with van der Waals surface area (Å²) in [5, 5.41) is 16.1. The second kappa shape index (κ2) is 41.2. The highest BCUT2D eigenvalue weighted by molar-refractivity contribution is 8.00. The van der Waals surface area contributed by atoms with Gasteiger partial charge in [-0.15, -0.1) is 0 Å². The fourth-order valence-electron chi connectivity index (χ4n) is 14.0. The van der Waals surface area contributed by atoms with Gasteiger partial charge in [-0.05, 0) is 96.1 Å². The standard InChI is InChI=1S/C68H118N18O9S/c1-5-50(2)61-64(94)86(48-58(90)80(61)4)53(29-21-24-34-70)63(93)72-36-26-17-13-9-7-11-15-19-32-56(88)82-40-44-84(45-41-82)67-77-65(73-37-27-22-30-54-60-51(49-96-54)74-68(95)75-60)76-66(78-67)83-42-38-81(39-43-83)55(87)31-18-14-10-6-8-12-16-25-35-71-62(92)52(28-20-23-33-69)85-47-57(89)79(3)46-59(85)91/h50-54,60-61H,5-49,69-70H2,1-4H3,(H,71,92)(H,72,93)(H2,74,75,95)(H,73,76,77,78)/t50-,51-,52-,53-,54-,60-,61-/m0/s1. The normalized spacial score (nSPS) is 21.0. The van der Waals surface area contributed by atoms with Crippen LogP contribution in [0.15, 0.2) is 0 Å². The lowest BCUT2D eigenvalue weighted by molar-refractivity contribution is -0.161. The molecule has 96 heavy (non-hydrogen) atoms. The summed E-state index contributed by atoms with van der Waals surface area (Å²) in [6.07, 6.45) is 24.5. The van der Waals surface area contributed by atoms with E-state index in [0.717, 1.165) is 147 Å². The first-order valence-corrected chi connectivity index (χ1v) is 37.9. The molecule has 9 N–H and O–H groups in total. The first-order valence-electron chi connectivity index (χ1n) is 36.8. The van der Waals surface area contributed by atoms with E-state index in [2.05, 4.69) is 36.4 Å². The molecule has 10 amide bonds. The molecule has 1 aromatic rings. The van der Waals surface area contributed by atoms with E-state index in [9.17, 15) is 43.2 Å². The third kappa shape index (κ3) is 23.7. The molecule has 7 heterocycles. The molecule has 0 aliphatic carbocycles. The number of carbonyl (C=O) groups excluding carboxylic acids is 9. The van der Waals surface area contributed by atoms with Gasteiger partial charge in [0.15, 0.2) is 0 Å². The van der Waals surface area contributed by atoms with Crippen LogP contribution in [0.1, 0.15) is 194 Å². The molecule has 6 aliphatic heterocycles. The van der Waals surface area contributed by atoms with Gasteiger partial charge in [-0.25, -0.2) is 4.79 Å². The molecule has 27 nitrogen and oxygen atoms in total. The number of carbonyl (C=O) groups is 9. The highest BCUT2D eigenvalue weighted by Gasteiger charge is 2.45. The Morgan fingerprint density at radius 1 is 0.552 bits per heavy atom. The lowest BCUT2D eigenvalue weighted by Crippen LogP contribution is -2.64. The number of thioether (sulfide) groups is 1. The molecule has 1 aromatic heterocycles. The number of fused-ring (bicyclic) bond motifs is 1. The van der Waals surface area contributed by atoms with Crippen molar-refractivity contribution in [3.05, 3.63) is 0 Å². The lowest BCUT2D eigenvalue weighted by atomic mass is 9.93. The van der Waals surface area contributed by atoms with E-state index in [-0.39, 0.29) is 90.9 Å². The SMILES string of the molecule is CC[C@H](C)[C@H]1C(=O)N([C@@H](CCCCN)C(=O)NCCCCCCCCCCC(=O)N2CCN(c3nc(NCCCC[C@@H]4SC[C@@H]5NC(=O)N[C@@H]54)nc(N4CCN(C(=O)CCCCCCCCCCNC(=O)[C@H](CCCCN)N5CC(=O)N(C)CC5=O)CC4)n3)CC2)CC(=O)N1C. The molecular weight excluding hydrogens is 1240 g/mol. The Kier molecular flexibility index (Phi) is 33.1. The largest absolute Gasteiger partial charge is 0.354 e. The molecule has 0 aromatic carbocycles. The van der Waals surface area contributed by atoms with Crippen molar-refractivity contribution < 1.29 is 43.2 Å². The predicted octanol–water partition coefficient (Wildman–Crippen LogP) is 4.18. The van der Waals surface area contributed by atoms with Crippen molar-refractivity contribution in [3.63, 3.8) is 0 Å². The maximum Gasteiger partial charge on any atom is 0.315 e. The number of aromatic nitrogens is 3. The molecule has 6 fully saturated rings. The van der Waals surface area contributed by atoms with Crippen molar-refractivity contribution >= 4 is 82.9 Å². The van der Waals surface area contributed by atoms with Crippen LogP contribution in [-0.4, -0.2) is 258 Å². The van der Waals surface area contributed by atoms with Crippen molar-refractivity contribution in [2.75, 3.05) is 140 Å². The number of likely N-dealkylation sites (N-methyl/N-ethyl adjacent to an activating group) is 2. The van der Waals surface area contributed by atoms with E-state index in [1.807, 2.05) is 35.4 Å². The minimum absolute atomic E-state index is 0.0154. The van der Waals surface area contributed by atoms with Crippen LogP contribution in [-0.2, 0) is 38.4 Å². The van der Waals surface area contributed by atoms with Crippen LogP contribution in [0, 0.1) is 5.92 Å². The number of anilines is 3. The number of urea groups is 1. The lowest BCUT2D eigenvalue weighted by Gasteiger charge is -2.43. The summed E-state index contributed by atoms with van der Waals surface area (Å²) in [6, 6.07) is -1.62. The number of piperazine rings is 4. The quantitative estimate of drug-likeness (QED) is 0.0356. The highest BCUT2D eigenvalue weighted by atomic mass is 32.2. The smallest absolute Gasteiger partial charge is 0.315 e. The molecular formula is C68H118N18O9S. The molecule has 0 saturated carbocycles. The molecule has 28 heteroatoms. The number of nitrogens with one attached hydrogen (secondary N) is 5. The number of rotatable bonds is 44. The second-order valence-electron chi connectivity index (χ2n) is 27.5. The van der Waals surface area contributed by atoms with Crippen molar-refractivity contribution in [1.29, 1.82) is 0 Å². The molecule has 540 valence electrons. The zero-order chi connectivity index (χ0) is 68.8. The van der Waals surface area contributed by atoms with E-state index in [1.165, 1.54) is 14.7 Å². The summed E-state index contributed by atoms with van der Waals surface area (Å²) in [7, 11) is 3.28. The minimum Gasteiger partial charge on any atom is -0.354 e. The molecule has 7 rings (SSSR count). The van der Waals surface area contributed by atoms with E-state index < -0.39 is 18.1 Å². The average Bonchev–Trinajstić information content (AvgIpc) is 0.990. The Bertz CT molecular complexity index is 2650. The van der Waals surface area contributed by atoms with E-state index in [1.54, 1.807) is 19.0 Å². The predicted molar refractivity (Wildman–Crippen MR) is 375 cm³/mol. The number of nitrogens with two attached hydrogens (primary N) is 2. The zero-order valence-electron chi connectivity index (χ0n) is 58.5. The van der Waals surface area contributed by atoms with Gasteiger partial charge in [-0.2, -0.15) is 26.7 Å². The number of nitrogens with zero attached hydrogens (tertiary/aromatic N) is 11. The molecule has 6 saturated heterocycles. The van der Waals surface area contributed by atoms with Gasteiger partial charge in [0.2, 0.25) is 65.1 Å². The summed E-state index contributed by atoms with van der Waals surface area (Å²) < 4.78 is 0. The van der Waals surface area contributed by atoms with Crippen LogP contribution >= 0.6 is 11.8 Å². The second-order valence-corrected chi connectivity index (χ2v) is 28.7. The van der Waals surface area contributed by atoms with Crippen LogP contribution in [0.5, 0.6) is 0 Å². The third-order valence-electron chi connectivity index (χ3n) is 20.3. The van der Waals surface area contributed by atoms with E-state index >= 15 is 0 Å². The Morgan fingerprint density at radius 3 is 1.54 bits per heavy atom. The van der Waals surface area contributed by atoms with Gasteiger partial charge in [0.1, 0.15) is 31.2 Å². The first-order chi connectivity index (χ1) is 46.5. The Labute approximate surface area is 575 Å². The van der Waals surface area contributed by atoms with Gasteiger partial charge in [0.05, 0.1) is 18.6 Å². The summed E-state index contributed by atoms with van der Waals surface area (Å²) in [5.41, 5.74) is 11.4. The van der Waals surface area contributed by atoms with Gasteiger partial charge in [0.25, 0.3) is 0 Å². The van der Waals surface area contributed by atoms with Crippen LogP contribution in [0.4, 0.5) is 22.6 Å². The zero-order valence-corrected chi connectivity index (χ0v) is 59.3. The Balaban J connectivity index is 0.770. The Morgan fingerprint density at radius 2 is 1.03 bits per heavy atom. The molecule has 0 radical (unpaired) electrons. The first kappa shape index (κ1) is 77.1. The average molecular weight is 1360 g/mol. The fraction of sp³-hybridized carbons (Fsp3) is 0.824. The molecule has 0 unspecified atom stereocenters. The fourth-order valence-corrected chi connectivity index (χ4v) is 15.6. The van der Waals surface area contributed by atoms with E-state index in [0.29, 0.717) is 147 Å². The minimum atomic E-state index is -0.691. The van der Waals surface area contributed by atoms with Crippen molar-refractivity contribution in [3.8, 4) is 0 Å². The molecule has 0 bridgehead atoms. The summed E-state index contributed by atoms with van der Waals surface area (Å²) in [6.45, 7) is 11.3. The number of hydrogen-bond acceptors (Lipinski definition) is 18. The summed E-state index contributed by atoms with van der Waals surface area (Å²) in [4.78, 5) is 146. The van der Waals surface area contributed by atoms with Gasteiger partial charge >= 0.3 is 6.03 Å². The Hall–Kier alpha value is -6.29. The van der Waals surface area contributed by atoms with Crippen molar-refractivity contribution in [2.24, 2.45) is 17.4 Å². The topological polar surface area (TPSA) is 330 Å². The van der Waals surface area contributed by atoms with Crippen LogP contribution in [0.2, 0.25) is 0 Å². The molecule has 6 aliphatic rings. The van der Waals surface area contributed by atoms with Gasteiger partial charge < -0.3 is 77.3 Å². The third-order valence-corrected chi connectivity index (χ3v) is 21.8. The van der Waals surface area contributed by atoms with Crippen molar-refractivity contribution in [1.82, 2.24) is 65.6 Å². The van der Waals surface area contributed by atoms with Gasteiger partial charge in [0, 0.05) is 110 Å². The monoisotopic (exact) mass is 1360 g/mol. The van der Waals surface area contributed by atoms with Crippen LogP contribution in [0.3, 0.4) is 0 Å². The number of unbranched alkanes of at least 4 members (excludes halogenated alkanes) is 17. The van der Waals surface area contributed by atoms with Gasteiger partial charge in [-0.1, -0.05) is 104 Å². The number of amides is 10. The molecule has 7 atom stereocenters. The van der Waals surface area contributed by atoms with E-state index in [4.69, 9.17) is 26.4 Å². The maximum absolute atomic E-state index is 13.7. The van der Waals surface area contributed by atoms with Crippen LogP contribution < -0.4 is 47.9 Å². The highest BCUT2D eigenvalue weighted by Crippen LogP contribution is 2.33. The van der Waals surface area contributed by atoms with Gasteiger partial charge in [-0.3, -0.25) is 38.4 Å². The van der Waals surface area contributed by atoms with Crippen LogP contribution in [0.25, 0.3) is 0 Å². The molecule has 0 spiro atoms. The maximum atomic E-state index is 13.7. The summed E-state index contributed by atoms with van der Waals surface area (Å²) >= 11 is 1.92. The number of hydrogen-bond donors (Lipinski definition) is 7.